The minimum atomic E-state index is 0. The van der Waals surface area contributed by atoms with Gasteiger partial charge in [-0.3, -0.25) is 0 Å². The molecule has 0 radical (unpaired) electrons. The molecule has 132 valence electrons. The summed E-state index contributed by atoms with van der Waals surface area (Å²) in [5.74, 6) is 1.02. The first kappa shape index (κ1) is 20.3. The smallest absolute Gasteiger partial charge is 0.115 e. The van der Waals surface area contributed by atoms with E-state index in [1.165, 1.54) is 63.7 Å². The molecule has 2 unspecified atom stereocenters. The van der Waals surface area contributed by atoms with Gasteiger partial charge in [-0.05, 0) is 55.0 Å². The fourth-order valence-electron chi connectivity index (χ4n) is 3.75. The van der Waals surface area contributed by atoms with E-state index in [9.17, 15) is 5.11 Å². The van der Waals surface area contributed by atoms with Gasteiger partial charge in [-0.1, -0.05) is 58.6 Å². The Bertz CT molecular complexity index is 465. The molecule has 1 aromatic carbocycles. The summed E-state index contributed by atoms with van der Waals surface area (Å²) < 4.78 is 0. The molecule has 23 heavy (non-hydrogen) atoms. The molecule has 2 nitrogen and oxygen atoms in total. The summed E-state index contributed by atoms with van der Waals surface area (Å²) in [4.78, 5) is 2.64. The molecule has 0 spiro atoms. The van der Waals surface area contributed by atoms with E-state index in [1.54, 1.807) is 6.07 Å². The lowest BCUT2D eigenvalue weighted by Gasteiger charge is -2.45. The fraction of sp³-hybridized carbons (Fsp3) is 0.700. The molecule has 0 amide bonds. The first-order valence-electron chi connectivity index (χ1n) is 9.08. The Kier molecular flexibility index (Phi) is 8.42. The van der Waals surface area contributed by atoms with E-state index in [2.05, 4.69) is 31.7 Å². The Morgan fingerprint density at radius 1 is 1.22 bits per heavy atom. The number of phenolic OH excluding ortho intramolecular Hbond substituents is 1. The number of piperidine rings is 1. The topological polar surface area (TPSA) is 23.5 Å². The van der Waals surface area contributed by atoms with E-state index in [4.69, 9.17) is 0 Å². The monoisotopic (exact) mass is 339 g/mol. The van der Waals surface area contributed by atoms with Crippen LogP contribution in [0.2, 0.25) is 0 Å². The third-order valence-electron chi connectivity index (χ3n) is 5.65. The van der Waals surface area contributed by atoms with Crippen molar-refractivity contribution >= 4 is 12.4 Å². The Hall–Kier alpha value is -0.730. The second-order valence-electron chi connectivity index (χ2n) is 7.33. The summed E-state index contributed by atoms with van der Waals surface area (Å²) in [6, 6.07) is 7.87. The zero-order valence-electron chi connectivity index (χ0n) is 15.1. The van der Waals surface area contributed by atoms with E-state index < -0.39 is 0 Å². The Morgan fingerprint density at radius 2 is 1.96 bits per heavy atom. The Morgan fingerprint density at radius 3 is 2.61 bits per heavy atom. The molecule has 1 saturated heterocycles. The lowest BCUT2D eigenvalue weighted by Crippen LogP contribution is -2.47. The summed E-state index contributed by atoms with van der Waals surface area (Å²) in [5, 5.41) is 9.77. The summed E-state index contributed by atoms with van der Waals surface area (Å²) in [5.41, 5.74) is 1.49. The van der Waals surface area contributed by atoms with Gasteiger partial charge in [0.1, 0.15) is 5.75 Å². The number of hydrogen-bond acceptors (Lipinski definition) is 2. The van der Waals surface area contributed by atoms with E-state index in [0.29, 0.717) is 11.7 Å². The van der Waals surface area contributed by atoms with Crippen LogP contribution in [0.25, 0.3) is 0 Å². The lowest BCUT2D eigenvalue weighted by molar-refractivity contribution is 0.109. The van der Waals surface area contributed by atoms with Gasteiger partial charge in [0.25, 0.3) is 0 Å². The Balaban J connectivity index is 0.00000264. The van der Waals surface area contributed by atoms with E-state index in [1.807, 2.05) is 12.1 Å². The van der Waals surface area contributed by atoms with Crippen LogP contribution in [-0.4, -0.2) is 29.6 Å². The maximum atomic E-state index is 9.77. The molecule has 2 rings (SSSR count). The van der Waals surface area contributed by atoms with Crippen LogP contribution in [0.5, 0.6) is 5.75 Å². The second-order valence-corrected chi connectivity index (χ2v) is 7.33. The molecule has 0 aromatic heterocycles. The number of phenols is 1. The number of rotatable bonds is 7. The van der Waals surface area contributed by atoms with Crippen LogP contribution in [0.4, 0.5) is 0 Å². The molecule has 1 fully saturated rings. The summed E-state index contributed by atoms with van der Waals surface area (Å²) in [6.07, 6.45) is 8.00. The molecule has 1 N–H and O–H groups in total. The molecule has 3 heteroatoms. The van der Waals surface area contributed by atoms with E-state index in [0.717, 1.165) is 0 Å². The number of hydrogen-bond donors (Lipinski definition) is 1. The molecule has 1 aliphatic rings. The van der Waals surface area contributed by atoms with Crippen LogP contribution < -0.4 is 0 Å². The molecule has 2 atom stereocenters. The maximum Gasteiger partial charge on any atom is 0.115 e. The number of aromatic hydroxyl groups is 1. The molecule has 0 bridgehead atoms. The average molecular weight is 340 g/mol. The molecule has 0 saturated carbocycles. The molecular formula is C20H34ClNO. The SMILES string of the molecule is CCCCCCCN1CCC(C)(c2cccc(O)c2)C(C)C1.Cl. The first-order valence-corrected chi connectivity index (χ1v) is 9.08. The van der Waals surface area contributed by atoms with Crippen LogP contribution in [-0.2, 0) is 5.41 Å². The zero-order valence-corrected chi connectivity index (χ0v) is 15.9. The normalized spacial score (nSPS) is 25.1. The van der Waals surface area contributed by atoms with Gasteiger partial charge in [-0.25, -0.2) is 0 Å². The van der Waals surface area contributed by atoms with Gasteiger partial charge in [0, 0.05) is 6.54 Å². The highest BCUT2D eigenvalue weighted by Crippen LogP contribution is 2.40. The van der Waals surface area contributed by atoms with Crippen molar-refractivity contribution in [2.24, 2.45) is 5.92 Å². The maximum absolute atomic E-state index is 9.77. The quantitative estimate of drug-likeness (QED) is 0.674. The molecular weight excluding hydrogens is 306 g/mol. The van der Waals surface area contributed by atoms with Crippen LogP contribution in [0, 0.1) is 5.92 Å². The van der Waals surface area contributed by atoms with Crippen LogP contribution in [0.1, 0.15) is 64.9 Å². The summed E-state index contributed by atoms with van der Waals surface area (Å²) in [7, 11) is 0. The fourth-order valence-corrected chi connectivity index (χ4v) is 3.75. The number of likely N-dealkylation sites (tertiary alicyclic amines) is 1. The summed E-state index contributed by atoms with van der Waals surface area (Å²) in [6.45, 7) is 10.6. The second kappa shape index (κ2) is 9.54. The average Bonchev–Trinajstić information content (AvgIpc) is 2.50. The Labute approximate surface area is 148 Å². The molecule has 1 aliphatic heterocycles. The zero-order chi connectivity index (χ0) is 16.0. The van der Waals surface area contributed by atoms with Crippen molar-refractivity contribution in [1.29, 1.82) is 0 Å². The highest BCUT2D eigenvalue weighted by Gasteiger charge is 2.37. The number of halogens is 1. The van der Waals surface area contributed by atoms with Gasteiger partial charge in [0.15, 0.2) is 0 Å². The van der Waals surface area contributed by atoms with Crippen molar-refractivity contribution in [3.8, 4) is 5.75 Å². The lowest BCUT2D eigenvalue weighted by atomic mass is 9.68. The van der Waals surface area contributed by atoms with E-state index in [-0.39, 0.29) is 17.8 Å². The van der Waals surface area contributed by atoms with Crippen molar-refractivity contribution in [1.82, 2.24) is 4.90 Å². The molecule has 1 aromatic rings. The van der Waals surface area contributed by atoms with Gasteiger partial charge >= 0.3 is 0 Å². The van der Waals surface area contributed by atoms with E-state index >= 15 is 0 Å². The van der Waals surface area contributed by atoms with Gasteiger partial charge < -0.3 is 10.0 Å². The van der Waals surface area contributed by atoms with Crippen molar-refractivity contribution < 1.29 is 5.11 Å². The van der Waals surface area contributed by atoms with Crippen molar-refractivity contribution in [3.05, 3.63) is 29.8 Å². The van der Waals surface area contributed by atoms with Crippen LogP contribution >= 0.6 is 12.4 Å². The summed E-state index contributed by atoms with van der Waals surface area (Å²) >= 11 is 0. The van der Waals surface area contributed by atoms with Crippen LogP contribution in [0.3, 0.4) is 0 Å². The minimum absolute atomic E-state index is 0. The predicted molar refractivity (Wildman–Crippen MR) is 102 cm³/mol. The van der Waals surface area contributed by atoms with Crippen molar-refractivity contribution in [3.63, 3.8) is 0 Å². The van der Waals surface area contributed by atoms with Gasteiger partial charge in [-0.15, -0.1) is 12.4 Å². The van der Waals surface area contributed by atoms with Crippen LogP contribution in [0.15, 0.2) is 24.3 Å². The molecule has 0 aliphatic carbocycles. The highest BCUT2D eigenvalue weighted by atomic mass is 35.5. The number of nitrogens with zero attached hydrogens (tertiary/aromatic N) is 1. The standard InChI is InChI=1S/C20H33NO.ClH/c1-4-5-6-7-8-13-21-14-12-20(3,17(2)16-21)18-10-9-11-19(22)15-18;/h9-11,15,17,22H,4-8,12-14,16H2,1-3H3;1H. The van der Waals surface area contributed by atoms with Crippen molar-refractivity contribution in [2.45, 2.75) is 64.7 Å². The van der Waals surface area contributed by atoms with Gasteiger partial charge in [0.2, 0.25) is 0 Å². The predicted octanol–water partition coefficient (Wildman–Crippen LogP) is 5.38. The first-order chi connectivity index (χ1) is 10.6. The number of benzene rings is 1. The number of unbranched alkanes of at least 4 members (excludes halogenated alkanes) is 4. The van der Waals surface area contributed by atoms with Crippen molar-refractivity contribution in [2.75, 3.05) is 19.6 Å². The minimum Gasteiger partial charge on any atom is -0.508 e. The third-order valence-corrected chi connectivity index (χ3v) is 5.65. The van der Waals surface area contributed by atoms with Gasteiger partial charge in [-0.2, -0.15) is 0 Å². The molecule has 1 heterocycles. The largest absolute Gasteiger partial charge is 0.508 e. The highest BCUT2D eigenvalue weighted by molar-refractivity contribution is 5.85. The van der Waals surface area contributed by atoms with Gasteiger partial charge in [0.05, 0.1) is 0 Å². The third kappa shape index (κ3) is 5.39.